The van der Waals surface area contributed by atoms with E-state index >= 15 is 0 Å². The molecule has 0 atom stereocenters. The molecule has 0 radical (unpaired) electrons. The first-order chi connectivity index (χ1) is 6.99. The zero-order chi connectivity index (χ0) is 11.6. The Labute approximate surface area is 105 Å². The van der Waals surface area contributed by atoms with Crippen LogP contribution in [-0.2, 0) is 5.33 Å². The van der Waals surface area contributed by atoms with E-state index in [1.807, 2.05) is 0 Å². The molecule has 0 aliphatic carbocycles. The van der Waals surface area contributed by atoms with E-state index in [-0.39, 0.29) is 20.0 Å². The number of halogens is 4. The van der Waals surface area contributed by atoms with Crippen LogP contribution in [0.5, 0.6) is 0 Å². The van der Waals surface area contributed by atoms with E-state index in [9.17, 15) is 18.9 Å². The Morgan fingerprint density at radius 2 is 2.27 bits per heavy atom. The number of hydrogen-bond acceptors (Lipinski definition) is 3. The van der Waals surface area contributed by atoms with Crippen LogP contribution >= 0.6 is 38.5 Å². The SMILES string of the molecule is O=[N+]([O-])c1ncc(C(F)F)c(CBr)c1I. The summed E-state index contributed by atoms with van der Waals surface area (Å²) in [5, 5.41) is 10.6. The molecule has 1 aromatic heterocycles. The molecule has 1 heterocycles. The quantitative estimate of drug-likeness (QED) is 0.343. The van der Waals surface area contributed by atoms with E-state index in [1.54, 1.807) is 22.6 Å². The van der Waals surface area contributed by atoms with E-state index in [4.69, 9.17) is 0 Å². The van der Waals surface area contributed by atoms with E-state index < -0.39 is 17.2 Å². The van der Waals surface area contributed by atoms with Gasteiger partial charge in [-0.15, -0.1) is 0 Å². The van der Waals surface area contributed by atoms with Crippen molar-refractivity contribution >= 4 is 44.3 Å². The third kappa shape index (κ3) is 2.60. The molecular weight excluding hydrogens is 389 g/mol. The summed E-state index contributed by atoms with van der Waals surface area (Å²) in [6.07, 6.45) is -1.83. The molecule has 0 unspecified atom stereocenters. The first kappa shape index (κ1) is 12.7. The second-order valence-corrected chi connectivity index (χ2v) is 4.16. The Morgan fingerprint density at radius 1 is 1.67 bits per heavy atom. The van der Waals surface area contributed by atoms with Crippen molar-refractivity contribution in [2.75, 3.05) is 0 Å². The molecule has 4 nitrogen and oxygen atoms in total. The Morgan fingerprint density at radius 3 is 2.67 bits per heavy atom. The number of pyridine rings is 1. The van der Waals surface area contributed by atoms with Gasteiger partial charge in [0.1, 0.15) is 9.77 Å². The maximum absolute atomic E-state index is 12.5. The normalized spacial score (nSPS) is 10.7. The molecule has 0 N–H and O–H groups in total. The molecule has 0 bridgehead atoms. The van der Waals surface area contributed by atoms with Crippen molar-refractivity contribution in [3.63, 3.8) is 0 Å². The number of aromatic nitrogens is 1. The lowest BCUT2D eigenvalue weighted by Gasteiger charge is -2.06. The predicted octanol–water partition coefficient (Wildman–Crippen LogP) is 3.43. The van der Waals surface area contributed by atoms with Crippen LogP contribution in [0, 0.1) is 13.7 Å². The molecule has 0 saturated heterocycles. The average molecular weight is 393 g/mol. The molecule has 1 aromatic rings. The van der Waals surface area contributed by atoms with Gasteiger partial charge in [0.05, 0.1) is 5.56 Å². The number of nitrogens with zero attached hydrogens (tertiary/aromatic N) is 2. The number of rotatable bonds is 3. The largest absolute Gasteiger partial charge is 0.377 e. The van der Waals surface area contributed by atoms with Crippen LogP contribution in [0.15, 0.2) is 6.20 Å². The summed E-state index contributed by atoms with van der Waals surface area (Å²) in [6.45, 7) is 0. The van der Waals surface area contributed by atoms with Crippen LogP contribution in [0.4, 0.5) is 14.6 Å². The molecule has 15 heavy (non-hydrogen) atoms. The summed E-state index contributed by atoms with van der Waals surface area (Å²) >= 11 is 4.67. The molecule has 0 fully saturated rings. The number of nitro groups is 1. The highest BCUT2D eigenvalue weighted by atomic mass is 127. The molecule has 8 heteroatoms. The molecule has 0 saturated carbocycles. The summed E-state index contributed by atoms with van der Waals surface area (Å²) in [4.78, 5) is 13.2. The van der Waals surface area contributed by atoms with Crippen LogP contribution < -0.4 is 0 Å². The molecule has 0 amide bonds. The predicted molar refractivity (Wildman–Crippen MR) is 61.2 cm³/mol. The van der Waals surface area contributed by atoms with Crippen molar-refractivity contribution in [3.8, 4) is 0 Å². The molecular formula is C7H4BrF2IN2O2. The molecule has 1 rings (SSSR count). The van der Waals surface area contributed by atoms with Gasteiger partial charge in [-0.2, -0.15) is 0 Å². The topological polar surface area (TPSA) is 56.0 Å². The molecule has 0 spiro atoms. The Kier molecular flexibility index (Phi) is 4.32. The zero-order valence-corrected chi connectivity index (χ0v) is 10.8. The highest BCUT2D eigenvalue weighted by Gasteiger charge is 2.24. The maximum Gasteiger partial charge on any atom is 0.377 e. The van der Waals surface area contributed by atoms with E-state index in [2.05, 4.69) is 20.9 Å². The van der Waals surface area contributed by atoms with Crippen LogP contribution in [0.3, 0.4) is 0 Å². The maximum atomic E-state index is 12.5. The summed E-state index contributed by atoms with van der Waals surface area (Å²) in [7, 11) is 0. The third-order valence-electron chi connectivity index (χ3n) is 1.68. The fourth-order valence-electron chi connectivity index (χ4n) is 0.978. The molecule has 0 aromatic carbocycles. The lowest BCUT2D eigenvalue weighted by Crippen LogP contribution is -2.03. The van der Waals surface area contributed by atoms with Crippen LogP contribution in [0.1, 0.15) is 17.6 Å². The summed E-state index contributed by atoms with van der Waals surface area (Å²) in [5.74, 6) is -0.394. The minimum Gasteiger partial charge on any atom is -0.358 e. The third-order valence-corrected chi connectivity index (χ3v) is 3.37. The van der Waals surface area contributed by atoms with Crippen LogP contribution in [-0.4, -0.2) is 9.91 Å². The van der Waals surface area contributed by atoms with Crippen molar-refractivity contribution in [2.45, 2.75) is 11.8 Å². The lowest BCUT2D eigenvalue weighted by molar-refractivity contribution is -0.390. The van der Waals surface area contributed by atoms with Crippen LogP contribution in [0.2, 0.25) is 0 Å². The summed E-state index contributed by atoms with van der Waals surface area (Å²) < 4.78 is 25.1. The highest BCUT2D eigenvalue weighted by molar-refractivity contribution is 14.1. The van der Waals surface area contributed by atoms with Gasteiger partial charge in [0.25, 0.3) is 6.43 Å². The van der Waals surface area contributed by atoms with Gasteiger partial charge in [0.15, 0.2) is 0 Å². The summed E-state index contributed by atoms with van der Waals surface area (Å²) in [6, 6.07) is 0. The first-order valence-electron chi connectivity index (χ1n) is 3.64. The average Bonchev–Trinajstić information content (AvgIpc) is 2.16. The smallest absolute Gasteiger partial charge is 0.358 e. The molecule has 0 aliphatic rings. The van der Waals surface area contributed by atoms with Crippen molar-refractivity contribution in [1.29, 1.82) is 0 Å². The minimum atomic E-state index is -2.68. The highest BCUT2D eigenvalue weighted by Crippen LogP contribution is 2.31. The molecule has 82 valence electrons. The monoisotopic (exact) mass is 392 g/mol. The first-order valence-corrected chi connectivity index (χ1v) is 5.84. The van der Waals surface area contributed by atoms with Gasteiger partial charge in [0.2, 0.25) is 0 Å². The Bertz CT molecular complexity index is 403. The second kappa shape index (κ2) is 5.10. The van der Waals surface area contributed by atoms with Gasteiger partial charge >= 0.3 is 5.82 Å². The van der Waals surface area contributed by atoms with E-state index in [1.165, 1.54) is 0 Å². The van der Waals surface area contributed by atoms with Gasteiger partial charge in [-0.1, -0.05) is 15.9 Å². The Hall–Kier alpha value is -0.380. The van der Waals surface area contributed by atoms with Gasteiger partial charge < -0.3 is 10.1 Å². The number of alkyl halides is 3. The van der Waals surface area contributed by atoms with Crippen LogP contribution in [0.25, 0.3) is 0 Å². The van der Waals surface area contributed by atoms with E-state index in [0.717, 1.165) is 6.20 Å². The van der Waals surface area contributed by atoms with Gasteiger partial charge in [-0.05, 0) is 38.1 Å². The van der Waals surface area contributed by atoms with Crippen molar-refractivity contribution < 1.29 is 13.7 Å². The van der Waals surface area contributed by atoms with Gasteiger partial charge in [-0.25, -0.2) is 8.78 Å². The fraction of sp³-hybridized carbons (Fsp3) is 0.286. The van der Waals surface area contributed by atoms with Crippen molar-refractivity contribution in [3.05, 3.63) is 31.0 Å². The summed E-state index contributed by atoms with van der Waals surface area (Å²) in [5.41, 5.74) is -0.0609. The standard InChI is InChI=1S/C7H4BrF2IN2O2/c8-1-3-4(6(9)10)2-12-7(5(3)11)13(14)15/h2,6H,1H2. The molecule has 0 aliphatic heterocycles. The van der Waals surface area contributed by atoms with Gasteiger partial charge in [-0.3, -0.25) is 0 Å². The van der Waals surface area contributed by atoms with Gasteiger partial charge in [0, 0.05) is 5.33 Å². The van der Waals surface area contributed by atoms with Crippen molar-refractivity contribution in [1.82, 2.24) is 4.98 Å². The number of hydrogen-bond donors (Lipinski definition) is 0. The Balaban J connectivity index is 3.39. The minimum absolute atomic E-state index is 0.133. The fourth-order valence-corrected chi connectivity index (χ4v) is 2.94. The zero-order valence-electron chi connectivity index (χ0n) is 7.08. The lowest BCUT2D eigenvalue weighted by atomic mass is 10.1. The van der Waals surface area contributed by atoms with E-state index in [0.29, 0.717) is 0 Å². The van der Waals surface area contributed by atoms with Crippen molar-refractivity contribution in [2.24, 2.45) is 0 Å². The second-order valence-electron chi connectivity index (χ2n) is 2.52.